The Hall–Kier alpha value is -3.09. The number of fused-ring (bicyclic) bond motifs is 1. The number of nitrogens with one attached hydrogen (secondary N) is 4. The van der Waals surface area contributed by atoms with Crippen molar-refractivity contribution in [2.24, 2.45) is 17.4 Å². The van der Waals surface area contributed by atoms with Crippen LogP contribution in [0, 0.1) is 5.92 Å². The minimum absolute atomic E-state index is 0.105. The quantitative estimate of drug-likeness (QED) is 0.119. The first-order valence-corrected chi connectivity index (χ1v) is 13.0. The van der Waals surface area contributed by atoms with Gasteiger partial charge in [-0.3, -0.25) is 14.4 Å². The van der Waals surface area contributed by atoms with Gasteiger partial charge in [0.25, 0.3) is 0 Å². The van der Waals surface area contributed by atoms with Gasteiger partial charge >= 0.3 is 5.97 Å². The van der Waals surface area contributed by atoms with Crippen LogP contribution in [0.4, 0.5) is 0 Å². The summed E-state index contributed by atoms with van der Waals surface area (Å²) in [7, 11) is 0. The molecule has 3 amide bonds. The maximum atomic E-state index is 13.2. The lowest BCUT2D eigenvalue weighted by molar-refractivity contribution is -0.142. The van der Waals surface area contributed by atoms with Gasteiger partial charge in [-0.15, -0.1) is 0 Å². The van der Waals surface area contributed by atoms with E-state index in [1.54, 1.807) is 13.8 Å². The van der Waals surface area contributed by atoms with E-state index in [4.69, 9.17) is 11.5 Å². The fourth-order valence-electron chi connectivity index (χ4n) is 3.91. The van der Waals surface area contributed by atoms with Crippen molar-refractivity contribution < 1.29 is 24.3 Å². The third-order valence-electron chi connectivity index (χ3n) is 6.08. The second-order valence-electron chi connectivity index (χ2n) is 9.33. The van der Waals surface area contributed by atoms with Crippen LogP contribution in [0.25, 0.3) is 10.9 Å². The summed E-state index contributed by atoms with van der Waals surface area (Å²) in [5.74, 6) is -3.38. The lowest BCUT2D eigenvalue weighted by Gasteiger charge is -2.27. The number of unbranched alkanes of at least 4 members (excludes halogenated alkanes) is 1. The zero-order valence-electron chi connectivity index (χ0n) is 21.2. The average Bonchev–Trinajstić information content (AvgIpc) is 3.27. The fourth-order valence-corrected chi connectivity index (χ4v) is 4.15. The summed E-state index contributed by atoms with van der Waals surface area (Å²) in [5, 5.41) is 18.0. The van der Waals surface area contributed by atoms with E-state index in [0.717, 1.165) is 16.5 Å². The van der Waals surface area contributed by atoms with E-state index in [1.165, 1.54) is 0 Å². The van der Waals surface area contributed by atoms with Crippen molar-refractivity contribution in [2.45, 2.75) is 63.7 Å². The molecule has 2 aromatic rings. The zero-order chi connectivity index (χ0) is 27.5. The Morgan fingerprint density at radius 3 is 2.30 bits per heavy atom. The van der Waals surface area contributed by atoms with Gasteiger partial charge in [0.15, 0.2) is 0 Å². The lowest BCUT2D eigenvalue weighted by atomic mass is 10.0. The highest BCUT2D eigenvalue weighted by atomic mass is 32.1. The summed E-state index contributed by atoms with van der Waals surface area (Å²) < 4.78 is 0. The molecule has 0 aliphatic rings. The van der Waals surface area contributed by atoms with Crippen molar-refractivity contribution in [3.05, 3.63) is 36.0 Å². The Kier molecular flexibility index (Phi) is 11.9. The highest BCUT2D eigenvalue weighted by molar-refractivity contribution is 7.80. The Morgan fingerprint density at radius 1 is 1.00 bits per heavy atom. The summed E-state index contributed by atoms with van der Waals surface area (Å²) in [6.07, 6.45) is 3.60. The van der Waals surface area contributed by atoms with Gasteiger partial charge in [0.05, 0.1) is 6.04 Å². The number of benzene rings is 1. The molecule has 1 heterocycles. The number of para-hydroxylation sites is 1. The number of carbonyl (C=O) groups is 4. The van der Waals surface area contributed by atoms with Crippen molar-refractivity contribution in [3.63, 3.8) is 0 Å². The molecule has 0 radical (unpaired) electrons. The van der Waals surface area contributed by atoms with E-state index < -0.39 is 47.9 Å². The molecular formula is C25H38N6O5S. The molecule has 204 valence electrons. The predicted octanol–water partition coefficient (Wildman–Crippen LogP) is 0.292. The number of aromatic nitrogens is 1. The first-order chi connectivity index (χ1) is 17.6. The molecule has 0 spiro atoms. The second kappa shape index (κ2) is 14.6. The van der Waals surface area contributed by atoms with Gasteiger partial charge in [-0.1, -0.05) is 32.0 Å². The molecule has 0 fully saturated rings. The molecule has 12 heteroatoms. The van der Waals surface area contributed by atoms with Crippen molar-refractivity contribution >= 4 is 47.2 Å². The molecule has 0 aliphatic heterocycles. The first kappa shape index (κ1) is 30.1. The highest BCUT2D eigenvalue weighted by Crippen LogP contribution is 2.19. The number of carboxylic acid groups (broad SMARTS) is 1. The average molecular weight is 535 g/mol. The lowest BCUT2D eigenvalue weighted by Crippen LogP contribution is -2.58. The molecule has 4 atom stereocenters. The van der Waals surface area contributed by atoms with Crippen LogP contribution in [-0.2, 0) is 25.6 Å². The maximum Gasteiger partial charge on any atom is 0.327 e. The van der Waals surface area contributed by atoms with E-state index >= 15 is 0 Å². The number of nitrogens with two attached hydrogens (primary N) is 2. The highest BCUT2D eigenvalue weighted by Gasteiger charge is 2.31. The van der Waals surface area contributed by atoms with Crippen LogP contribution in [0.1, 0.15) is 38.7 Å². The van der Waals surface area contributed by atoms with Crippen LogP contribution in [0.3, 0.4) is 0 Å². The maximum absolute atomic E-state index is 13.2. The third kappa shape index (κ3) is 8.76. The topological polar surface area (TPSA) is 192 Å². The van der Waals surface area contributed by atoms with Gasteiger partial charge in [0, 0.05) is 22.9 Å². The van der Waals surface area contributed by atoms with Crippen LogP contribution in [0.2, 0.25) is 0 Å². The number of aromatic amines is 1. The number of hydrogen-bond acceptors (Lipinski definition) is 7. The van der Waals surface area contributed by atoms with Gasteiger partial charge in [-0.2, -0.15) is 12.6 Å². The number of hydrogen-bond donors (Lipinski definition) is 8. The first-order valence-electron chi connectivity index (χ1n) is 12.3. The largest absolute Gasteiger partial charge is 0.480 e. The van der Waals surface area contributed by atoms with Crippen molar-refractivity contribution in [3.8, 4) is 0 Å². The monoisotopic (exact) mass is 534 g/mol. The van der Waals surface area contributed by atoms with E-state index in [0.29, 0.717) is 25.8 Å². The van der Waals surface area contributed by atoms with Crippen LogP contribution in [0.15, 0.2) is 30.5 Å². The number of thiol groups is 1. The van der Waals surface area contributed by atoms with E-state index in [2.05, 4.69) is 33.6 Å². The number of carbonyl (C=O) groups excluding carboxylic acids is 3. The Bertz CT molecular complexity index is 1070. The second-order valence-corrected chi connectivity index (χ2v) is 9.69. The number of aliphatic carboxylic acids is 1. The molecule has 1 aromatic heterocycles. The molecule has 37 heavy (non-hydrogen) atoms. The number of rotatable bonds is 15. The minimum Gasteiger partial charge on any atom is -0.480 e. The van der Waals surface area contributed by atoms with Crippen LogP contribution in [0.5, 0.6) is 0 Å². The summed E-state index contributed by atoms with van der Waals surface area (Å²) in [5.41, 5.74) is 13.6. The number of H-pyrrole nitrogens is 1. The number of carboxylic acids is 1. The molecule has 2 rings (SSSR count). The van der Waals surface area contributed by atoms with Gasteiger partial charge in [-0.05, 0) is 49.8 Å². The molecule has 0 saturated heterocycles. The minimum atomic E-state index is -1.23. The van der Waals surface area contributed by atoms with Gasteiger partial charge in [0.1, 0.15) is 18.1 Å². The predicted molar refractivity (Wildman–Crippen MR) is 145 cm³/mol. The van der Waals surface area contributed by atoms with Crippen LogP contribution in [-0.4, -0.2) is 70.2 Å². The molecule has 9 N–H and O–H groups in total. The van der Waals surface area contributed by atoms with Gasteiger partial charge in [-0.25, -0.2) is 4.79 Å². The number of amides is 3. The Labute approximate surface area is 221 Å². The summed E-state index contributed by atoms with van der Waals surface area (Å²) >= 11 is 3.95. The molecule has 0 saturated carbocycles. The normalized spacial score (nSPS) is 14.5. The van der Waals surface area contributed by atoms with Gasteiger partial charge < -0.3 is 37.5 Å². The Balaban J connectivity index is 2.10. The molecule has 0 bridgehead atoms. The van der Waals surface area contributed by atoms with Crippen molar-refractivity contribution in [1.82, 2.24) is 20.9 Å². The molecule has 1 aromatic carbocycles. The van der Waals surface area contributed by atoms with Crippen molar-refractivity contribution in [1.29, 1.82) is 0 Å². The van der Waals surface area contributed by atoms with Crippen molar-refractivity contribution in [2.75, 3.05) is 12.3 Å². The Morgan fingerprint density at radius 2 is 1.68 bits per heavy atom. The van der Waals surface area contributed by atoms with Crippen LogP contribution < -0.4 is 27.4 Å². The van der Waals surface area contributed by atoms with Gasteiger partial charge in [0.2, 0.25) is 17.7 Å². The van der Waals surface area contributed by atoms with E-state index in [-0.39, 0.29) is 18.1 Å². The summed E-state index contributed by atoms with van der Waals surface area (Å²) in [4.78, 5) is 53.3. The van der Waals surface area contributed by atoms with E-state index in [9.17, 15) is 24.3 Å². The summed E-state index contributed by atoms with van der Waals surface area (Å²) in [6.45, 7) is 3.87. The third-order valence-corrected chi connectivity index (χ3v) is 6.44. The standard InChI is InChI=1S/C25H38N6O5S/c1-14(2)21(24(34)30-20(13-37)25(35)36)31-23(33)19(9-5-6-10-26)29-22(32)17(27)11-15-12-28-18-8-4-3-7-16(15)18/h3-4,7-8,12,14,17,19-21,28,37H,5-6,9-11,13,26-27H2,1-2H3,(H,29,32)(H,30,34)(H,31,33)(H,35,36)/t17-,19+,20+,21+/m1/s1. The molecule has 0 unspecified atom stereocenters. The SMILES string of the molecule is CC(C)[C@H](NC(=O)[C@H](CCCCN)NC(=O)[C@H](N)Cc1c[nH]c2ccccc12)C(=O)N[C@@H](CS)C(=O)O. The van der Waals surface area contributed by atoms with E-state index in [1.807, 2.05) is 30.5 Å². The molecular weight excluding hydrogens is 496 g/mol. The zero-order valence-corrected chi connectivity index (χ0v) is 22.1. The summed E-state index contributed by atoms with van der Waals surface area (Å²) in [6, 6.07) is 3.62. The fraction of sp³-hybridized carbons (Fsp3) is 0.520. The molecule has 0 aliphatic carbocycles. The smallest absolute Gasteiger partial charge is 0.327 e. The van der Waals surface area contributed by atoms with Crippen LogP contribution >= 0.6 is 12.6 Å². The molecule has 11 nitrogen and oxygen atoms in total.